The molecule has 2 nitrogen and oxygen atoms in total. The zero-order valence-electron chi connectivity index (χ0n) is 11.2. The molecule has 0 aliphatic carbocycles. The van der Waals surface area contributed by atoms with E-state index in [1.54, 1.807) is 11.8 Å². The number of halogens is 1. The van der Waals surface area contributed by atoms with Crippen molar-refractivity contribution >= 4 is 27.7 Å². The van der Waals surface area contributed by atoms with Crippen LogP contribution in [0.15, 0.2) is 51.8 Å². The molecule has 0 amide bonds. The minimum Gasteiger partial charge on any atom is -0.485 e. The molecular formula is C16H16BrNOS. The van der Waals surface area contributed by atoms with Crippen LogP contribution in [-0.2, 0) is 0 Å². The lowest BCUT2D eigenvalue weighted by Crippen LogP contribution is -2.24. The Balaban J connectivity index is 1.88. The van der Waals surface area contributed by atoms with Crippen LogP contribution in [-0.4, -0.2) is 6.26 Å². The maximum absolute atomic E-state index is 6.29. The van der Waals surface area contributed by atoms with Crippen molar-refractivity contribution in [2.24, 2.45) is 5.73 Å². The van der Waals surface area contributed by atoms with Crippen molar-refractivity contribution in [3.8, 4) is 5.75 Å². The third kappa shape index (κ3) is 2.73. The zero-order chi connectivity index (χ0) is 14.1. The van der Waals surface area contributed by atoms with Crippen LogP contribution in [0, 0.1) is 0 Å². The molecule has 0 saturated heterocycles. The van der Waals surface area contributed by atoms with Gasteiger partial charge >= 0.3 is 0 Å². The van der Waals surface area contributed by atoms with Gasteiger partial charge in [-0.2, -0.15) is 0 Å². The Bertz CT molecular complexity index is 614. The second kappa shape index (κ2) is 5.80. The molecule has 0 fully saturated rings. The topological polar surface area (TPSA) is 35.2 Å². The second-order valence-electron chi connectivity index (χ2n) is 4.90. The summed E-state index contributed by atoms with van der Waals surface area (Å²) in [6, 6.07) is 14.6. The summed E-state index contributed by atoms with van der Waals surface area (Å²) in [5.41, 5.74) is 8.56. The van der Waals surface area contributed by atoms with E-state index in [9.17, 15) is 0 Å². The highest BCUT2D eigenvalue weighted by Gasteiger charge is 2.27. The van der Waals surface area contributed by atoms with Gasteiger partial charge < -0.3 is 10.5 Å². The van der Waals surface area contributed by atoms with Crippen LogP contribution in [0.2, 0.25) is 0 Å². The Hall–Kier alpha value is -0.970. The highest BCUT2D eigenvalue weighted by atomic mass is 79.9. The Morgan fingerprint density at radius 1 is 1.20 bits per heavy atom. The Morgan fingerprint density at radius 2 is 1.95 bits per heavy atom. The smallest absolute Gasteiger partial charge is 0.126 e. The molecule has 20 heavy (non-hydrogen) atoms. The molecule has 1 heterocycles. The fourth-order valence-corrected chi connectivity index (χ4v) is 3.29. The third-order valence-electron chi connectivity index (χ3n) is 3.60. The maximum Gasteiger partial charge on any atom is 0.126 e. The normalized spacial score (nSPS) is 21.1. The van der Waals surface area contributed by atoms with Gasteiger partial charge in [0.2, 0.25) is 0 Å². The first-order valence-electron chi connectivity index (χ1n) is 6.53. The van der Waals surface area contributed by atoms with Crippen molar-refractivity contribution in [2.75, 3.05) is 6.26 Å². The average molecular weight is 350 g/mol. The van der Waals surface area contributed by atoms with Gasteiger partial charge in [0, 0.05) is 27.4 Å². The summed E-state index contributed by atoms with van der Waals surface area (Å²) in [5.74, 6) is 0.894. The van der Waals surface area contributed by atoms with E-state index in [4.69, 9.17) is 10.5 Å². The first-order chi connectivity index (χ1) is 9.67. The molecule has 2 N–H and O–H groups in total. The minimum atomic E-state index is 0.0153. The Labute approximate surface area is 131 Å². The number of thioether (sulfide) groups is 1. The molecule has 1 aliphatic rings. The quantitative estimate of drug-likeness (QED) is 0.798. The van der Waals surface area contributed by atoms with Crippen LogP contribution in [0.5, 0.6) is 5.75 Å². The molecule has 2 atom stereocenters. The molecule has 3 rings (SSSR count). The van der Waals surface area contributed by atoms with Gasteiger partial charge in [-0.05, 0) is 42.2 Å². The molecule has 104 valence electrons. The summed E-state index contributed by atoms with van der Waals surface area (Å²) in [7, 11) is 0. The molecular weight excluding hydrogens is 334 g/mol. The van der Waals surface area contributed by atoms with Gasteiger partial charge in [-0.25, -0.2) is 0 Å². The number of rotatable bonds is 2. The van der Waals surface area contributed by atoms with Crippen LogP contribution in [0.4, 0.5) is 0 Å². The highest BCUT2D eigenvalue weighted by Crippen LogP contribution is 2.40. The first-order valence-corrected chi connectivity index (χ1v) is 8.55. The predicted molar refractivity (Wildman–Crippen MR) is 87.3 cm³/mol. The molecule has 0 saturated carbocycles. The third-order valence-corrected chi connectivity index (χ3v) is 4.83. The van der Waals surface area contributed by atoms with Crippen molar-refractivity contribution in [2.45, 2.75) is 23.5 Å². The average Bonchev–Trinajstić information content (AvgIpc) is 2.48. The molecule has 0 aromatic heterocycles. The molecule has 1 unspecified atom stereocenters. The van der Waals surface area contributed by atoms with Gasteiger partial charge in [-0.15, -0.1) is 11.8 Å². The van der Waals surface area contributed by atoms with E-state index in [0.29, 0.717) is 0 Å². The summed E-state index contributed by atoms with van der Waals surface area (Å²) < 4.78 is 7.15. The summed E-state index contributed by atoms with van der Waals surface area (Å²) in [4.78, 5) is 1.26. The van der Waals surface area contributed by atoms with E-state index in [-0.39, 0.29) is 12.1 Å². The number of nitrogens with two attached hydrogens (primary N) is 1. The number of fused-ring (bicyclic) bond motifs is 1. The zero-order valence-corrected chi connectivity index (χ0v) is 13.6. The monoisotopic (exact) mass is 349 g/mol. The lowest BCUT2D eigenvalue weighted by Gasteiger charge is -2.30. The fourth-order valence-electron chi connectivity index (χ4n) is 2.50. The molecule has 1 aliphatic heterocycles. The Morgan fingerprint density at radius 3 is 2.65 bits per heavy atom. The van der Waals surface area contributed by atoms with Crippen LogP contribution < -0.4 is 10.5 Å². The van der Waals surface area contributed by atoms with E-state index < -0.39 is 0 Å². The minimum absolute atomic E-state index is 0.0153. The number of hydrogen-bond donors (Lipinski definition) is 1. The summed E-state index contributed by atoms with van der Waals surface area (Å²) in [6.45, 7) is 0. The number of ether oxygens (including phenoxy) is 1. The predicted octanol–water partition coefficient (Wildman–Crippen LogP) is 4.69. The summed E-state index contributed by atoms with van der Waals surface area (Å²) in [5, 5.41) is 0. The van der Waals surface area contributed by atoms with Gasteiger partial charge in [0.15, 0.2) is 0 Å². The van der Waals surface area contributed by atoms with Gasteiger partial charge in [-0.3, -0.25) is 0 Å². The SMILES string of the molecule is CSc1ccc(C2C[C@H](N)c3cc(Br)ccc3O2)cc1. The van der Waals surface area contributed by atoms with Crippen molar-refractivity contribution in [3.63, 3.8) is 0 Å². The van der Waals surface area contributed by atoms with Gasteiger partial charge in [-0.1, -0.05) is 28.1 Å². The summed E-state index contributed by atoms with van der Waals surface area (Å²) >= 11 is 5.22. The van der Waals surface area contributed by atoms with E-state index in [0.717, 1.165) is 22.2 Å². The summed E-state index contributed by atoms with van der Waals surface area (Å²) in [6.07, 6.45) is 2.92. The molecule has 4 heteroatoms. The first kappa shape index (κ1) is 14.0. The van der Waals surface area contributed by atoms with Gasteiger partial charge in [0.25, 0.3) is 0 Å². The molecule has 2 aromatic carbocycles. The van der Waals surface area contributed by atoms with Crippen molar-refractivity contribution in [1.29, 1.82) is 0 Å². The number of hydrogen-bond acceptors (Lipinski definition) is 3. The standard InChI is InChI=1S/C16H16BrNOS/c1-20-12-5-2-10(3-6-12)16-9-14(18)13-8-11(17)4-7-15(13)19-16/h2-8,14,16H,9,18H2,1H3/t14-,16?/m0/s1. The lowest BCUT2D eigenvalue weighted by molar-refractivity contribution is 0.161. The van der Waals surface area contributed by atoms with Crippen LogP contribution >= 0.6 is 27.7 Å². The largest absolute Gasteiger partial charge is 0.485 e. The van der Waals surface area contributed by atoms with Crippen molar-refractivity contribution in [3.05, 3.63) is 58.1 Å². The highest BCUT2D eigenvalue weighted by molar-refractivity contribution is 9.10. The molecule has 0 bridgehead atoms. The second-order valence-corrected chi connectivity index (χ2v) is 6.70. The van der Waals surface area contributed by atoms with Gasteiger partial charge in [0.1, 0.15) is 11.9 Å². The molecule has 0 radical (unpaired) electrons. The maximum atomic E-state index is 6.29. The van der Waals surface area contributed by atoms with E-state index in [1.165, 1.54) is 10.5 Å². The lowest BCUT2D eigenvalue weighted by atomic mass is 9.94. The Kier molecular flexibility index (Phi) is 4.06. The fraction of sp³-hybridized carbons (Fsp3) is 0.250. The van der Waals surface area contributed by atoms with Crippen LogP contribution in [0.25, 0.3) is 0 Å². The van der Waals surface area contributed by atoms with Gasteiger partial charge in [0.05, 0.1) is 0 Å². The van der Waals surface area contributed by atoms with Crippen LogP contribution in [0.3, 0.4) is 0 Å². The van der Waals surface area contributed by atoms with E-state index in [2.05, 4.69) is 46.5 Å². The molecule has 2 aromatic rings. The van der Waals surface area contributed by atoms with Crippen molar-refractivity contribution < 1.29 is 4.74 Å². The van der Waals surface area contributed by atoms with Crippen molar-refractivity contribution in [1.82, 2.24) is 0 Å². The number of benzene rings is 2. The van der Waals surface area contributed by atoms with Crippen LogP contribution in [0.1, 0.15) is 29.7 Å². The van der Waals surface area contributed by atoms with E-state index >= 15 is 0 Å². The molecule has 0 spiro atoms. The van der Waals surface area contributed by atoms with E-state index in [1.807, 2.05) is 18.2 Å².